The van der Waals surface area contributed by atoms with Crippen molar-refractivity contribution < 1.29 is 4.74 Å². The van der Waals surface area contributed by atoms with E-state index in [0.717, 1.165) is 32.9 Å². The molecule has 0 bridgehead atoms. The molecule has 3 atom stereocenters. The number of ether oxygens (including phenoxy) is 1. The van der Waals surface area contributed by atoms with Gasteiger partial charge in [0.05, 0.1) is 18.8 Å². The number of nitrogens with one attached hydrogen (secondary N) is 1. The van der Waals surface area contributed by atoms with E-state index in [1.165, 1.54) is 5.56 Å². The number of allylic oxidation sites excluding steroid dienone is 2. The molecule has 118 valence electrons. The highest BCUT2D eigenvalue weighted by Crippen LogP contribution is 2.54. The lowest BCUT2D eigenvalue weighted by molar-refractivity contribution is 0.397. The first kappa shape index (κ1) is 15.1. The van der Waals surface area contributed by atoms with E-state index in [2.05, 4.69) is 57.7 Å². The molecule has 0 radical (unpaired) electrons. The van der Waals surface area contributed by atoms with E-state index in [1.54, 1.807) is 7.11 Å². The number of anilines is 1. The number of hydrogen-bond acceptors (Lipinski definition) is 2. The average molecular weight is 391 g/mol. The zero-order valence-electron chi connectivity index (χ0n) is 12.7. The normalized spacial score (nSPS) is 24.7. The standard InChI is InChI=1S/C19H17BrClNO/c1-23-16-10-9-15(21)17-13-3-2-4-14(13)18(22-19(16)17)11-5-7-12(20)8-6-11/h2-3,5-10,13-14,18,22H,4H2,1H3/t13-,14-,18-/m0/s1. The zero-order chi connectivity index (χ0) is 16.0. The lowest BCUT2D eigenvalue weighted by atomic mass is 9.77. The molecule has 0 spiro atoms. The Morgan fingerprint density at radius 1 is 1.17 bits per heavy atom. The molecule has 2 aromatic carbocycles. The number of fused-ring (bicyclic) bond motifs is 3. The van der Waals surface area contributed by atoms with Crippen LogP contribution in [0.2, 0.25) is 5.02 Å². The largest absolute Gasteiger partial charge is 0.495 e. The van der Waals surface area contributed by atoms with E-state index in [9.17, 15) is 0 Å². The molecule has 0 unspecified atom stereocenters. The summed E-state index contributed by atoms with van der Waals surface area (Å²) in [6.45, 7) is 0. The van der Waals surface area contributed by atoms with Gasteiger partial charge in [-0.2, -0.15) is 0 Å². The van der Waals surface area contributed by atoms with Crippen LogP contribution in [-0.4, -0.2) is 7.11 Å². The number of rotatable bonds is 2. The van der Waals surface area contributed by atoms with E-state index < -0.39 is 0 Å². The summed E-state index contributed by atoms with van der Waals surface area (Å²) in [4.78, 5) is 0. The smallest absolute Gasteiger partial charge is 0.142 e. The van der Waals surface area contributed by atoms with Gasteiger partial charge in [0.2, 0.25) is 0 Å². The lowest BCUT2D eigenvalue weighted by Crippen LogP contribution is -2.29. The van der Waals surface area contributed by atoms with Gasteiger partial charge < -0.3 is 10.1 Å². The highest BCUT2D eigenvalue weighted by Gasteiger charge is 2.40. The molecule has 1 aliphatic heterocycles. The minimum Gasteiger partial charge on any atom is -0.495 e. The Morgan fingerprint density at radius 2 is 1.96 bits per heavy atom. The summed E-state index contributed by atoms with van der Waals surface area (Å²) in [5.41, 5.74) is 3.48. The lowest BCUT2D eigenvalue weighted by Gasteiger charge is -2.38. The summed E-state index contributed by atoms with van der Waals surface area (Å²) in [5.74, 6) is 1.67. The molecule has 23 heavy (non-hydrogen) atoms. The van der Waals surface area contributed by atoms with Gasteiger partial charge in [-0.1, -0.05) is 51.8 Å². The van der Waals surface area contributed by atoms with Crippen molar-refractivity contribution in [3.8, 4) is 5.75 Å². The molecule has 1 heterocycles. The molecule has 2 aromatic rings. The molecular formula is C19H17BrClNO. The summed E-state index contributed by atoms with van der Waals surface area (Å²) >= 11 is 10.0. The van der Waals surface area contributed by atoms with Crippen LogP contribution in [0.4, 0.5) is 5.69 Å². The molecule has 4 rings (SSSR count). The molecule has 4 heteroatoms. The van der Waals surface area contributed by atoms with Gasteiger partial charge in [-0.3, -0.25) is 0 Å². The van der Waals surface area contributed by atoms with Crippen molar-refractivity contribution in [2.75, 3.05) is 12.4 Å². The molecule has 2 aliphatic rings. The van der Waals surface area contributed by atoms with Gasteiger partial charge in [-0.05, 0) is 42.2 Å². The monoisotopic (exact) mass is 389 g/mol. The van der Waals surface area contributed by atoms with Crippen LogP contribution in [-0.2, 0) is 0 Å². The minimum absolute atomic E-state index is 0.253. The molecule has 0 fully saturated rings. The number of halogens is 2. The van der Waals surface area contributed by atoms with Crippen LogP contribution in [0.25, 0.3) is 0 Å². The SMILES string of the molecule is COc1ccc(Cl)c2c1N[C@@H](c1ccc(Br)cc1)[C@H]1CC=C[C@H]21. The van der Waals surface area contributed by atoms with E-state index in [0.29, 0.717) is 11.8 Å². The minimum atomic E-state index is 0.253. The van der Waals surface area contributed by atoms with Crippen LogP contribution in [0.3, 0.4) is 0 Å². The van der Waals surface area contributed by atoms with Crippen LogP contribution < -0.4 is 10.1 Å². The third-order valence-electron chi connectivity index (χ3n) is 4.88. The summed E-state index contributed by atoms with van der Waals surface area (Å²) in [6.07, 6.45) is 5.63. The second-order valence-electron chi connectivity index (χ2n) is 6.07. The maximum atomic E-state index is 6.52. The Kier molecular flexibility index (Phi) is 3.86. The third-order valence-corrected chi connectivity index (χ3v) is 5.74. The van der Waals surface area contributed by atoms with E-state index in [-0.39, 0.29) is 6.04 Å². The van der Waals surface area contributed by atoms with Crippen LogP contribution in [0.5, 0.6) is 5.75 Å². The first-order chi connectivity index (χ1) is 11.2. The third kappa shape index (κ3) is 2.47. The highest BCUT2D eigenvalue weighted by molar-refractivity contribution is 9.10. The molecule has 0 amide bonds. The summed E-state index contributed by atoms with van der Waals surface area (Å²) in [7, 11) is 1.70. The second kappa shape index (κ2) is 5.88. The van der Waals surface area contributed by atoms with Crippen LogP contribution in [0.15, 0.2) is 53.0 Å². The van der Waals surface area contributed by atoms with Gasteiger partial charge in [0, 0.05) is 21.0 Å². The first-order valence-corrected chi connectivity index (χ1v) is 8.91. The van der Waals surface area contributed by atoms with Gasteiger partial charge in [0.15, 0.2) is 0 Å². The van der Waals surface area contributed by atoms with Crippen molar-refractivity contribution in [1.29, 1.82) is 0 Å². The topological polar surface area (TPSA) is 21.3 Å². The van der Waals surface area contributed by atoms with Crippen molar-refractivity contribution in [1.82, 2.24) is 0 Å². The molecule has 1 N–H and O–H groups in total. The number of methoxy groups -OCH3 is 1. The maximum Gasteiger partial charge on any atom is 0.142 e. The van der Waals surface area contributed by atoms with Crippen molar-refractivity contribution in [3.05, 3.63) is 69.2 Å². The molecule has 0 aromatic heterocycles. The van der Waals surface area contributed by atoms with Crippen molar-refractivity contribution in [3.63, 3.8) is 0 Å². The van der Waals surface area contributed by atoms with Crippen LogP contribution >= 0.6 is 27.5 Å². The van der Waals surface area contributed by atoms with E-state index >= 15 is 0 Å². The van der Waals surface area contributed by atoms with Crippen LogP contribution in [0, 0.1) is 5.92 Å². The maximum absolute atomic E-state index is 6.52. The molecule has 2 nitrogen and oxygen atoms in total. The second-order valence-corrected chi connectivity index (χ2v) is 7.39. The highest BCUT2D eigenvalue weighted by atomic mass is 79.9. The Morgan fingerprint density at radius 3 is 2.70 bits per heavy atom. The average Bonchev–Trinajstić information content (AvgIpc) is 3.04. The predicted octanol–water partition coefficient (Wildman–Crippen LogP) is 5.94. The number of hydrogen-bond donors (Lipinski definition) is 1. The fourth-order valence-electron chi connectivity index (χ4n) is 3.81. The van der Waals surface area contributed by atoms with Gasteiger partial charge in [0.1, 0.15) is 5.75 Å². The predicted molar refractivity (Wildman–Crippen MR) is 98.5 cm³/mol. The Hall–Kier alpha value is -1.45. The zero-order valence-corrected chi connectivity index (χ0v) is 15.1. The van der Waals surface area contributed by atoms with E-state index in [4.69, 9.17) is 16.3 Å². The van der Waals surface area contributed by atoms with Gasteiger partial charge in [-0.15, -0.1) is 0 Å². The fraction of sp³-hybridized carbons (Fsp3) is 0.263. The molecule has 0 saturated carbocycles. The molecular weight excluding hydrogens is 374 g/mol. The van der Waals surface area contributed by atoms with Gasteiger partial charge in [0.25, 0.3) is 0 Å². The Balaban J connectivity index is 1.84. The van der Waals surface area contributed by atoms with Crippen molar-refractivity contribution in [2.24, 2.45) is 5.92 Å². The van der Waals surface area contributed by atoms with Crippen molar-refractivity contribution in [2.45, 2.75) is 18.4 Å². The molecule has 0 saturated heterocycles. The summed E-state index contributed by atoms with van der Waals surface area (Å²) < 4.78 is 6.66. The van der Waals surface area contributed by atoms with Gasteiger partial charge in [-0.25, -0.2) is 0 Å². The summed E-state index contributed by atoms with van der Waals surface area (Å²) in [5, 5.41) is 4.51. The number of benzene rings is 2. The van der Waals surface area contributed by atoms with Gasteiger partial charge >= 0.3 is 0 Å². The Labute approximate surface area is 149 Å². The van der Waals surface area contributed by atoms with Crippen molar-refractivity contribution >= 4 is 33.2 Å². The Bertz CT molecular complexity index is 772. The van der Waals surface area contributed by atoms with Crippen LogP contribution in [0.1, 0.15) is 29.5 Å². The quantitative estimate of drug-likeness (QED) is 0.641. The first-order valence-electron chi connectivity index (χ1n) is 7.74. The molecule has 1 aliphatic carbocycles. The summed E-state index contributed by atoms with van der Waals surface area (Å²) in [6, 6.07) is 12.7. The van der Waals surface area contributed by atoms with E-state index in [1.807, 2.05) is 12.1 Å². The fourth-order valence-corrected chi connectivity index (χ4v) is 4.36.